The van der Waals surface area contributed by atoms with Crippen LogP contribution in [-0.2, 0) is 5.60 Å². The number of nitrogen functional groups attached to an aromatic ring is 1. The van der Waals surface area contributed by atoms with Gasteiger partial charge in [-0.2, -0.15) is 0 Å². The van der Waals surface area contributed by atoms with E-state index in [1.807, 2.05) is 50.2 Å². The number of hydrogen-bond donors (Lipinski definition) is 2. The van der Waals surface area contributed by atoms with E-state index in [4.69, 9.17) is 5.73 Å². The second-order valence-corrected chi connectivity index (χ2v) is 8.66. The van der Waals surface area contributed by atoms with Crippen molar-refractivity contribution in [1.29, 1.82) is 0 Å². The lowest BCUT2D eigenvalue weighted by Gasteiger charge is -2.26. The lowest BCUT2D eigenvalue weighted by molar-refractivity contribution is 0.0282. The number of aliphatic hydroxyl groups is 1. The van der Waals surface area contributed by atoms with Gasteiger partial charge in [-0.3, -0.25) is 0 Å². The zero-order chi connectivity index (χ0) is 21.1. The smallest absolute Gasteiger partial charge is 0.124 e. The quantitative estimate of drug-likeness (QED) is 0.371. The largest absolute Gasteiger partial charge is 0.385 e. The average Bonchev–Trinajstić information content (AvgIpc) is 2.78. The molecule has 0 saturated carbocycles. The predicted octanol–water partition coefficient (Wildman–Crippen LogP) is 6.64. The molecule has 0 radical (unpaired) electrons. The number of nitrogens with two attached hydrogens (primary N) is 1. The van der Waals surface area contributed by atoms with Crippen LogP contribution in [0.25, 0.3) is 22.0 Å². The summed E-state index contributed by atoms with van der Waals surface area (Å²) in [5.74, 6) is 0.515. The first-order chi connectivity index (χ1) is 14.5. The Morgan fingerprint density at radius 2 is 1.60 bits per heavy atom. The van der Waals surface area contributed by atoms with E-state index in [0.717, 1.165) is 37.4 Å². The Morgan fingerprint density at radius 3 is 2.33 bits per heavy atom. The minimum Gasteiger partial charge on any atom is -0.385 e. The van der Waals surface area contributed by atoms with Gasteiger partial charge < -0.3 is 10.8 Å². The first kappa shape index (κ1) is 20.5. The molecular weight excluding hydrogens is 388 g/mol. The molecular formula is C26H26N2OS. The van der Waals surface area contributed by atoms with Crippen LogP contribution in [0, 0.1) is 0 Å². The van der Waals surface area contributed by atoms with Crippen LogP contribution < -0.4 is 5.73 Å². The Bertz CT molecular complexity index is 1170. The second kappa shape index (κ2) is 8.50. The number of anilines is 1. The number of hydrogen-bond acceptors (Lipinski definition) is 4. The summed E-state index contributed by atoms with van der Waals surface area (Å²) in [6, 6.07) is 26.7. The van der Waals surface area contributed by atoms with Crippen molar-refractivity contribution in [2.45, 2.75) is 42.1 Å². The maximum Gasteiger partial charge on any atom is 0.124 e. The molecule has 3 N–H and O–H groups in total. The molecule has 0 unspecified atom stereocenters. The molecule has 0 amide bonds. The molecule has 152 valence electrons. The third-order valence-electron chi connectivity index (χ3n) is 5.66. The number of rotatable bonds is 6. The first-order valence-electron chi connectivity index (χ1n) is 10.3. The molecule has 4 heteroatoms. The molecule has 4 aromatic rings. The Labute approximate surface area is 182 Å². The van der Waals surface area contributed by atoms with Crippen molar-refractivity contribution in [3.63, 3.8) is 0 Å². The van der Waals surface area contributed by atoms with E-state index in [2.05, 4.69) is 47.4 Å². The fourth-order valence-electron chi connectivity index (χ4n) is 3.79. The van der Waals surface area contributed by atoms with Gasteiger partial charge >= 0.3 is 0 Å². The summed E-state index contributed by atoms with van der Waals surface area (Å²) in [4.78, 5) is 6.76. The molecule has 4 rings (SSSR count). The van der Waals surface area contributed by atoms with Crippen molar-refractivity contribution in [3.8, 4) is 11.1 Å². The topological polar surface area (TPSA) is 59.1 Å². The monoisotopic (exact) mass is 414 g/mol. The van der Waals surface area contributed by atoms with Crippen molar-refractivity contribution in [2.75, 3.05) is 5.73 Å². The van der Waals surface area contributed by atoms with Crippen molar-refractivity contribution in [1.82, 2.24) is 4.98 Å². The summed E-state index contributed by atoms with van der Waals surface area (Å²) >= 11 is 1.67. The highest BCUT2D eigenvalue weighted by atomic mass is 32.2. The Hall–Kier alpha value is -2.82. The van der Waals surface area contributed by atoms with E-state index >= 15 is 0 Å². The summed E-state index contributed by atoms with van der Waals surface area (Å²) in [7, 11) is 0. The zero-order valence-corrected chi connectivity index (χ0v) is 18.1. The third kappa shape index (κ3) is 4.07. The van der Waals surface area contributed by atoms with Crippen molar-refractivity contribution >= 4 is 28.5 Å². The van der Waals surface area contributed by atoms with Crippen LogP contribution in [0.3, 0.4) is 0 Å². The normalized spacial score (nSPS) is 11.7. The Morgan fingerprint density at radius 1 is 0.867 bits per heavy atom. The summed E-state index contributed by atoms with van der Waals surface area (Å²) < 4.78 is 0. The van der Waals surface area contributed by atoms with Gasteiger partial charge in [0.1, 0.15) is 5.82 Å². The van der Waals surface area contributed by atoms with Gasteiger partial charge in [-0.05, 0) is 59.9 Å². The van der Waals surface area contributed by atoms with Gasteiger partial charge in [-0.25, -0.2) is 4.98 Å². The summed E-state index contributed by atoms with van der Waals surface area (Å²) in [5, 5.41) is 12.0. The van der Waals surface area contributed by atoms with Crippen LogP contribution >= 0.6 is 11.8 Å². The molecule has 30 heavy (non-hydrogen) atoms. The SMILES string of the molecule is CCC(O)(CC)c1cccc(Sc2ccc3c(-c4ccccc4)cc(N)nc3c2)c1. The van der Waals surface area contributed by atoms with E-state index in [-0.39, 0.29) is 0 Å². The molecule has 0 fully saturated rings. The molecule has 0 bridgehead atoms. The molecule has 0 aliphatic carbocycles. The van der Waals surface area contributed by atoms with Gasteiger partial charge in [0.05, 0.1) is 11.1 Å². The van der Waals surface area contributed by atoms with Crippen LogP contribution in [-0.4, -0.2) is 10.1 Å². The molecule has 3 nitrogen and oxygen atoms in total. The molecule has 0 spiro atoms. The zero-order valence-electron chi connectivity index (χ0n) is 17.3. The fourth-order valence-corrected chi connectivity index (χ4v) is 4.70. The van der Waals surface area contributed by atoms with E-state index < -0.39 is 5.60 Å². The third-order valence-corrected chi connectivity index (χ3v) is 6.64. The molecule has 0 atom stereocenters. The van der Waals surface area contributed by atoms with Crippen LogP contribution in [0.4, 0.5) is 5.82 Å². The Kier molecular flexibility index (Phi) is 5.80. The maximum absolute atomic E-state index is 10.9. The van der Waals surface area contributed by atoms with E-state index in [1.165, 1.54) is 0 Å². The van der Waals surface area contributed by atoms with E-state index in [0.29, 0.717) is 18.7 Å². The van der Waals surface area contributed by atoms with Crippen LogP contribution in [0.1, 0.15) is 32.3 Å². The standard InChI is InChI=1S/C26H26N2OS/c1-3-26(29,4-2)19-11-8-12-20(15-19)30-21-13-14-22-23(18-9-6-5-7-10-18)17-25(27)28-24(22)16-21/h5-17,29H,3-4H2,1-2H3,(H2,27,28). The number of benzene rings is 3. The number of aromatic nitrogens is 1. The van der Waals surface area contributed by atoms with Crippen LogP contribution in [0.2, 0.25) is 0 Å². The summed E-state index contributed by atoms with van der Waals surface area (Å²) in [6.07, 6.45) is 1.39. The van der Waals surface area contributed by atoms with Gasteiger partial charge in [0.15, 0.2) is 0 Å². The van der Waals surface area contributed by atoms with Gasteiger partial charge in [-0.15, -0.1) is 0 Å². The van der Waals surface area contributed by atoms with Crippen LogP contribution in [0.15, 0.2) is 88.7 Å². The minimum atomic E-state index is -0.777. The van der Waals surface area contributed by atoms with Crippen molar-refractivity contribution in [3.05, 3.63) is 84.4 Å². The number of nitrogens with zero attached hydrogens (tertiary/aromatic N) is 1. The Balaban J connectivity index is 1.70. The molecule has 0 aliphatic rings. The molecule has 1 heterocycles. The first-order valence-corrected chi connectivity index (χ1v) is 11.1. The van der Waals surface area contributed by atoms with Crippen molar-refractivity contribution in [2.24, 2.45) is 0 Å². The van der Waals surface area contributed by atoms with Gasteiger partial charge in [0.2, 0.25) is 0 Å². The maximum atomic E-state index is 10.9. The molecule has 0 aliphatic heterocycles. The molecule has 1 aromatic heterocycles. The minimum absolute atomic E-state index is 0.515. The predicted molar refractivity (Wildman–Crippen MR) is 127 cm³/mol. The highest BCUT2D eigenvalue weighted by Crippen LogP contribution is 2.36. The lowest BCUT2D eigenvalue weighted by atomic mass is 9.89. The number of pyridine rings is 1. The van der Waals surface area contributed by atoms with Gasteiger partial charge in [-0.1, -0.05) is 74.1 Å². The van der Waals surface area contributed by atoms with Crippen molar-refractivity contribution < 1.29 is 5.11 Å². The average molecular weight is 415 g/mol. The van der Waals surface area contributed by atoms with E-state index in [1.54, 1.807) is 11.8 Å². The summed E-state index contributed by atoms with van der Waals surface area (Å²) in [6.45, 7) is 4.04. The molecule has 0 saturated heterocycles. The van der Waals surface area contributed by atoms with Crippen LogP contribution in [0.5, 0.6) is 0 Å². The highest BCUT2D eigenvalue weighted by Gasteiger charge is 2.24. The van der Waals surface area contributed by atoms with E-state index in [9.17, 15) is 5.11 Å². The second-order valence-electron chi connectivity index (χ2n) is 7.51. The summed E-state index contributed by atoms with van der Waals surface area (Å²) in [5.41, 5.74) is 9.41. The highest BCUT2D eigenvalue weighted by molar-refractivity contribution is 7.99. The lowest BCUT2D eigenvalue weighted by Crippen LogP contribution is -2.23. The van der Waals surface area contributed by atoms with Gasteiger partial charge in [0, 0.05) is 15.2 Å². The fraction of sp³-hybridized carbons (Fsp3) is 0.192. The number of fused-ring (bicyclic) bond motifs is 1. The molecule has 3 aromatic carbocycles. The van der Waals surface area contributed by atoms with Gasteiger partial charge in [0.25, 0.3) is 0 Å².